The van der Waals surface area contributed by atoms with Crippen molar-refractivity contribution in [2.24, 2.45) is 0 Å². The summed E-state index contributed by atoms with van der Waals surface area (Å²) in [7, 11) is 0. The first-order valence-corrected chi connectivity index (χ1v) is 8.06. The zero-order valence-electron chi connectivity index (χ0n) is 11.9. The lowest BCUT2D eigenvalue weighted by atomic mass is 9.93. The first-order valence-electron chi connectivity index (χ1n) is 7.24. The number of anilines is 1. The van der Waals surface area contributed by atoms with Gasteiger partial charge in [0, 0.05) is 5.69 Å². The first-order chi connectivity index (χ1) is 10.1. The van der Waals surface area contributed by atoms with Gasteiger partial charge in [0.15, 0.2) is 0 Å². The van der Waals surface area contributed by atoms with Crippen molar-refractivity contribution in [3.05, 3.63) is 23.2 Å². The zero-order valence-corrected chi connectivity index (χ0v) is 12.7. The van der Waals surface area contributed by atoms with Crippen LogP contribution in [-0.2, 0) is 0 Å². The fourth-order valence-electron chi connectivity index (χ4n) is 2.73. The molecule has 3 rings (SSSR count). The van der Waals surface area contributed by atoms with Gasteiger partial charge in [-0.1, -0.05) is 12.8 Å². The maximum atomic E-state index is 12.0. The second-order valence-corrected chi connectivity index (χ2v) is 6.71. The van der Waals surface area contributed by atoms with Crippen molar-refractivity contribution in [1.29, 1.82) is 0 Å². The Morgan fingerprint density at radius 2 is 2.19 bits per heavy atom. The number of aryl methyl sites for hydroxylation is 1. The molecule has 3 N–H and O–H groups in total. The van der Waals surface area contributed by atoms with E-state index in [0.29, 0.717) is 0 Å². The van der Waals surface area contributed by atoms with Crippen molar-refractivity contribution in [3.63, 3.8) is 0 Å². The Balaban J connectivity index is 1.65. The van der Waals surface area contributed by atoms with E-state index in [9.17, 15) is 9.90 Å². The molecule has 0 aliphatic heterocycles. The molecule has 1 saturated carbocycles. The molecule has 0 saturated heterocycles. The summed E-state index contributed by atoms with van der Waals surface area (Å²) in [4.78, 5) is 16.4. The van der Waals surface area contributed by atoms with Crippen LogP contribution in [0, 0.1) is 6.92 Å². The molecule has 1 heterocycles. The number of fused-ring (bicyclic) bond motifs is 1. The number of carbonyl (C=O) groups is 1. The maximum absolute atomic E-state index is 12.0. The fourth-order valence-corrected chi connectivity index (χ4v) is 3.60. The predicted octanol–water partition coefficient (Wildman–Crippen LogP) is 3.03. The van der Waals surface area contributed by atoms with Gasteiger partial charge in [-0.05, 0) is 38.0 Å². The highest BCUT2D eigenvalue weighted by Crippen LogP contribution is 2.25. The van der Waals surface area contributed by atoms with Gasteiger partial charge in [0.05, 0.1) is 27.4 Å². The van der Waals surface area contributed by atoms with Gasteiger partial charge in [0.1, 0.15) is 0 Å². The lowest BCUT2D eigenvalue weighted by Gasteiger charge is -2.28. The van der Waals surface area contributed by atoms with Crippen LogP contribution in [0.4, 0.5) is 10.5 Å². The first kappa shape index (κ1) is 14.3. The molecule has 0 radical (unpaired) electrons. The highest BCUT2D eigenvalue weighted by atomic mass is 32.1. The number of nitrogens with one attached hydrogen (secondary N) is 2. The number of nitrogens with zero attached hydrogens (tertiary/aromatic N) is 1. The number of carbonyl (C=O) groups excluding carboxylic acids is 1. The molecule has 0 spiro atoms. The summed E-state index contributed by atoms with van der Waals surface area (Å²) in [6, 6.07) is 5.27. The molecule has 2 unspecified atom stereocenters. The zero-order chi connectivity index (χ0) is 14.8. The van der Waals surface area contributed by atoms with Crippen molar-refractivity contribution < 1.29 is 9.90 Å². The van der Waals surface area contributed by atoms with Crippen LogP contribution >= 0.6 is 11.3 Å². The molecule has 1 aliphatic rings. The Morgan fingerprint density at radius 1 is 1.38 bits per heavy atom. The number of amides is 2. The number of hydrogen-bond acceptors (Lipinski definition) is 4. The highest BCUT2D eigenvalue weighted by Gasteiger charge is 2.24. The molecule has 2 atom stereocenters. The molecule has 0 bridgehead atoms. The summed E-state index contributed by atoms with van der Waals surface area (Å²) in [5.74, 6) is 0. The van der Waals surface area contributed by atoms with Gasteiger partial charge in [-0.2, -0.15) is 0 Å². The van der Waals surface area contributed by atoms with Crippen molar-refractivity contribution in [2.45, 2.75) is 44.8 Å². The molecule has 1 aliphatic carbocycles. The van der Waals surface area contributed by atoms with E-state index in [2.05, 4.69) is 15.6 Å². The Bertz CT molecular complexity index is 655. The van der Waals surface area contributed by atoms with E-state index >= 15 is 0 Å². The van der Waals surface area contributed by atoms with Gasteiger partial charge in [-0.15, -0.1) is 11.3 Å². The number of urea groups is 1. The molecule has 21 heavy (non-hydrogen) atoms. The van der Waals surface area contributed by atoms with Crippen LogP contribution in [0.5, 0.6) is 0 Å². The van der Waals surface area contributed by atoms with E-state index in [4.69, 9.17) is 0 Å². The second kappa shape index (κ2) is 5.99. The van der Waals surface area contributed by atoms with Gasteiger partial charge in [0.2, 0.25) is 0 Å². The third kappa shape index (κ3) is 3.33. The van der Waals surface area contributed by atoms with Gasteiger partial charge < -0.3 is 15.7 Å². The maximum Gasteiger partial charge on any atom is 0.319 e. The quantitative estimate of drug-likeness (QED) is 0.798. The van der Waals surface area contributed by atoms with E-state index in [1.807, 2.05) is 25.1 Å². The van der Waals surface area contributed by atoms with Crippen molar-refractivity contribution in [2.75, 3.05) is 5.32 Å². The van der Waals surface area contributed by atoms with E-state index in [-0.39, 0.29) is 12.1 Å². The topological polar surface area (TPSA) is 74.2 Å². The molecular formula is C15H19N3O2S. The summed E-state index contributed by atoms with van der Waals surface area (Å²) in [6.45, 7) is 1.97. The number of thiazole rings is 1. The highest BCUT2D eigenvalue weighted by molar-refractivity contribution is 7.18. The van der Waals surface area contributed by atoms with Crippen LogP contribution in [0.15, 0.2) is 18.2 Å². The summed E-state index contributed by atoms with van der Waals surface area (Å²) >= 11 is 1.61. The van der Waals surface area contributed by atoms with Gasteiger partial charge >= 0.3 is 6.03 Å². The summed E-state index contributed by atoms with van der Waals surface area (Å²) < 4.78 is 1.06. The van der Waals surface area contributed by atoms with E-state index in [0.717, 1.165) is 46.6 Å². The van der Waals surface area contributed by atoms with Gasteiger partial charge in [0.25, 0.3) is 0 Å². The molecule has 1 fully saturated rings. The molecule has 5 nitrogen and oxygen atoms in total. The van der Waals surface area contributed by atoms with Crippen molar-refractivity contribution in [1.82, 2.24) is 10.3 Å². The van der Waals surface area contributed by atoms with Crippen LogP contribution in [-0.4, -0.2) is 28.3 Å². The number of aromatic nitrogens is 1. The smallest absolute Gasteiger partial charge is 0.319 e. The lowest BCUT2D eigenvalue weighted by molar-refractivity contribution is 0.0955. The van der Waals surface area contributed by atoms with E-state index < -0.39 is 6.10 Å². The van der Waals surface area contributed by atoms with Crippen LogP contribution in [0.3, 0.4) is 0 Å². The van der Waals surface area contributed by atoms with Crippen LogP contribution in [0.25, 0.3) is 10.2 Å². The number of rotatable bonds is 2. The van der Waals surface area contributed by atoms with Crippen LogP contribution in [0.1, 0.15) is 30.7 Å². The Hall–Kier alpha value is -1.66. The number of hydrogen-bond donors (Lipinski definition) is 3. The molecule has 6 heteroatoms. The fraction of sp³-hybridized carbons (Fsp3) is 0.467. The lowest BCUT2D eigenvalue weighted by Crippen LogP contribution is -2.46. The number of aliphatic hydroxyl groups is 1. The second-order valence-electron chi connectivity index (χ2n) is 5.47. The molecule has 2 aromatic rings. The van der Waals surface area contributed by atoms with E-state index in [1.165, 1.54) is 0 Å². The summed E-state index contributed by atoms with van der Waals surface area (Å²) in [5.41, 5.74) is 1.69. The SMILES string of the molecule is Cc1nc2ccc(NC(=O)NC3CCCCC3O)cc2s1. The van der Waals surface area contributed by atoms with E-state index in [1.54, 1.807) is 11.3 Å². The molecule has 1 aromatic carbocycles. The molecule has 112 valence electrons. The largest absolute Gasteiger partial charge is 0.391 e. The third-order valence-corrected chi connectivity index (χ3v) is 4.73. The summed E-state index contributed by atoms with van der Waals surface area (Å²) in [5, 5.41) is 16.6. The van der Waals surface area contributed by atoms with Crippen LogP contribution < -0.4 is 10.6 Å². The molecule has 2 amide bonds. The average Bonchev–Trinajstić information content (AvgIpc) is 2.80. The minimum atomic E-state index is -0.434. The third-order valence-electron chi connectivity index (χ3n) is 3.80. The Labute approximate surface area is 127 Å². The summed E-state index contributed by atoms with van der Waals surface area (Å²) in [6.07, 6.45) is 3.24. The molecular weight excluding hydrogens is 286 g/mol. The van der Waals surface area contributed by atoms with Gasteiger partial charge in [-0.25, -0.2) is 9.78 Å². The number of aliphatic hydroxyl groups excluding tert-OH is 1. The van der Waals surface area contributed by atoms with Crippen molar-refractivity contribution >= 4 is 33.3 Å². The monoisotopic (exact) mass is 305 g/mol. The Morgan fingerprint density at radius 3 is 3.00 bits per heavy atom. The normalized spacial score (nSPS) is 22.2. The van der Waals surface area contributed by atoms with Crippen molar-refractivity contribution in [3.8, 4) is 0 Å². The minimum Gasteiger partial charge on any atom is -0.391 e. The standard InChI is InChI=1S/C15H19N3O2S/c1-9-16-12-7-6-10(8-14(12)21-9)17-15(20)18-11-4-2-3-5-13(11)19/h6-8,11,13,19H,2-5H2,1H3,(H2,17,18,20). The molecule has 1 aromatic heterocycles. The average molecular weight is 305 g/mol. The number of benzene rings is 1. The Kier molecular flexibility index (Phi) is 4.07. The minimum absolute atomic E-state index is 0.145. The van der Waals surface area contributed by atoms with Gasteiger partial charge in [-0.3, -0.25) is 0 Å². The van der Waals surface area contributed by atoms with Crippen LogP contribution in [0.2, 0.25) is 0 Å². The predicted molar refractivity (Wildman–Crippen MR) is 84.8 cm³/mol.